The van der Waals surface area contributed by atoms with Crippen molar-refractivity contribution < 1.29 is 30.3 Å². The van der Waals surface area contributed by atoms with Crippen LogP contribution in [-0.4, -0.2) is 62.8 Å². The Balaban J connectivity index is 4.07. The van der Waals surface area contributed by atoms with E-state index in [1.807, 2.05) is 0 Å². The first-order valence-corrected chi connectivity index (χ1v) is 3.33. The Morgan fingerprint density at radius 1 is 1.08 bits per heavy atom. The van der Waals surface area contributed by atoms with Crippen LogP contribution < -0.4 is 0 Å². The molecule has 4 atom stereocenters. The average molecular weight is 181 g/mol. The van der Waals surface area contributed by atoms with Gasteiger partial charge in [-0.15, -0.1) is 0 Å². The summed E-state index contributed by atoms with van der Waals surface area (Å²) in [7, 11) is 0. The summed E-state index contributed by atoms with van der Waals surface area (Å²) in [6.45, 7) is -0.760. The summed E-state index contributed by atoms with van der Waals surface area (Å²) in [6, 6.07) is 0. The summed E-state index contributed by atoms with van der Waals surface area (Å²) in [5.41, 5.74) is 0. The smallest absolute Gasteiger partial charge is 0.151 e. The van der Waals surface area contributed by atoms with Crippen molar-refractivity contribution >= 4 is 6.29 Å². The molecule has 12 heavy (non-hydrogen) atoms. The molecular formula is C6H12O6. The second-order valence-electron chi connectivity index (χ2n) is 2.36. The fourth-order valence-corrected chi connectivity index (χ4v) is 0.618. The van der Waals surface area contributed by atoms with Gasteiger partial charge in [-0.25, -0.2) is 0 Å². The van der Waals surface area contributed by atoms with Gasteiger partial charge in [0.05, 0.1) is 6.61 Å². The minimum Gasteiger partial charge on any atom is -0.394 e. The molecule has 5 N–H and O–H groups in total. The van der Waals surface area contributed by atoms with E-state index in [-0.39, 0.29) is 6.29 Å². The predicted molar refractivity (Wildman–Crippen MR) is 37.2 cm³/mol. The number of hydrogen-bond acceptors (Lipinski definition) is 6. The number of rotatable bonds is 5. The van der Waals surface area contributed by atoms with E-state index in [4.69, 9.17) is 25.5 Å². The van der Waals surface area contributed by atoms with Gasteiger partial charge in [-0.3, -0.25) is 0 Å². The first kappa shape index (κ1) is 11.5. The average Bonchev–Trinajstić information content (AvgIpc) is 2.12. The van der Waals surface area contributed by atoms with Crippen molar-refractivity contribution in [3.63, 3.8) is 0 Å². The highest BCUT2D eigenvalue weighted by molar-refractivity contribution is 5.56. The fraction of sp³-hybridized carbons (Fsp3) is 0.833. The SMILES string of the molecule is O=C[C@H](O)[13C@H](O)[C@@H](O)[C@@H](O)CO. The van der Waals surface area contributed by atoms with E-state index in [0.717, 1.165) is 0 Å². The van der Waals surface area contributed by atoms with Crippen molar-refractivity contribution in [1.82, 2.24) is 0 Å². The second kappa shape index (κ2) is 5.18. The lowest BCUT2D eigenvalue weighted by Gasteiger charge is -2.22. The Hall–Kier alpha value is -0.530. The predicted octanol–water partition coefficient (Wildman–Crippen LogP) is -3.38. The maximum atomic E-state index is 9.90. The van der Waals surface area contributed by atoms with E-state index in [0.29, 0.717) is 0 Å². The van der Waals surface area contributed by atoms with Crippen LogP contribution in [0.5, 0.6) is 0 Å². The molecule has 0 spiro atoms. The van der Waals surface area contributed by atoms with Gasteiger partial charge in [0.25, 0.3) is 0 Å². The molecule has 0 saturated carbocycles. The summed E-state index contributed by atoms with van der Waals surface area (Å²) in [6.07, 6.45) is -6.84. The van der Waals surface area contributed by atoms with E-state index >= 15 is 0 Å². The lowest BCUT2D eigenvalue weighted by Crippen LogP contribution is -2.46. The quantitative estimate of drug-likeness (QED) is 0.223. The highest BCUT2D eigenvalue weighted by Crippen LogP contribution is 2.02. The molecule has 72 valence electrons. The Bertz CT molecular complexity index is 138. The molecule has 0 rings (SSSR count). The molecule has 0 aromatic rings. The van der Waals surface area contributed by atoms with E-state index < -0.39 is 31.0 Å². The number of aliphatic hydroxyl groups is 5. The third kappa shape index (κ3) is 2.84. The van der Waals surface area contributed by atoms with Gasteiger partial charge in [0.15, 0.2) is 6.29 Å². The van der Waals surface area contributed by atoms with Gasteiger partial charge in [0.1, 0.15) is 24.4 Å². The molecule has 0 aliphatic carbocycles. The molecule has 0 aliphatic heterocycles. The third-order valence-corrected chi connectivity index (χ3v) is 1.42. The number of carbonyl (C=O) groups excluding carboxylic acids is 1. The molecule has 0 heterocycles. The number of aliphatic hydroxyl groups excluding tert-OH is 5. The number of aldehydes is 1. The molecule has 0 saturated heterocycles. The van der Waals surface area contributed by atoms with Crippen molar-refractivity contribution in [1.29, 1.82) is 0 Å². The van der Waals surface area contributed by atoms with Crippen LogP contribution in [0.25, 0.3) is 0 Å². The highest BCUT2D eigenvalue weighted by Gasteiger charge is 2.29. The van der Waals surface area contributed by atoms with E-state index in [2.05, 4.69) is 0 Å². The summed E-state index contributed by atoms with van der Waals surface area (Å²) in [4.78, 5) is 9.90. The van der Waals surface area contributed by atoms with Gasteiger partial charge in [0, 0.05) is 0 Å². The van der Waals surface area contributed by atoms with Crippen molar-refractivity contribution in [2.24, 2.45) is 0 Å². The zero-order valence-electron chi connectivity index (χ0n) is 6.24. The van der Waals surface area contributed by atoms with Gasteiger partial charge >= 0.3 is 0 Å². The van der Waals surface area contributed by atoms with Crippen LogP contribution in [0.2, 0.25) is 0 Å². The van der Waals surface area contributed by atoms with Crippen molar-refractivity contribution in [3.8, 4) is 0 Å². The molecule has 0 aromatic heterocycles. The van der Waals surface area contributed by atoms with Gasteiger partial charge in [-0.2, -0.15) is 0 Å². The monoisotopic (exact) mass is 181 g/mol. The van der Waals surface area contributed by atoms with Crippen LogP contribution in [0.15, 0.2) is 0 Å². The van der Waals surface area contributed by atoms with Crippen LogP contribution in [-0.2, 0) is 4.79 Å². The molecule has 0 unspecified atom stereocenters. The third-order valence-electron chi connectivity index (χ3n) is 1.42. The van der Waals surface area contributed by atoms with Crippen LogP contribution in [0.1, 0.15) is 0 Å². The second-order valence-corrected chi connectivity index (χ2v) is 2.36. The van der Waals surface area contributed by atoms with Crippen LogP contribution >= 0.6 is 0 Å². The van der Waals surface area contributed by atoms with Crippen molar-refractivity contribution in [2.75, 3.05) is 6.61 Å². The fourth-order valence-electron chi connectivity index (χ4n) is 0.618. The van der Waals surface area contributed by atoms with Gasteiger partial charge in [0.2, 0.25) is 0 Å². The molecule has 0 aliphatic rings. The molecule has 0 amide bonds. The topological polar surface area (TPSA) is 118 Å². The Labute approximate surface area is 68.7 Å². The lowest BCUT2D eigenvalue weighted by molar-refractivity contribution is -0.136. The molecule has 6 nitrogen and oxygen atoms in total. The van der Waals surface area contributed by atoms with Crippen molar-refractivity contribution in [3.05, 3.63) is 0 Å². The molecule has 0 bridgehead atoms. The van der Waals surface area contributed by atoms with Crippen LogP contribution in [0.3, 0.4) is 0 Å². The minimum atomic E-state index is -1.79. The van der Waals surface area contributed by atoms with Gasteiger partial charge in [-0.05, 0) is 0 Å². The lowest BCUT2D eigenvalue weighted by atomic mass is 10.2. The summed E-state index contributed by atoms with van der Waals surface area (Å²) >= 11 is 0. The summed E-state index contributed by atoms with van der Waals surface area (Å²) < 4.78 is 0. The Morgan fingerprint density at radius 2 is 1.58 bits per heavy atom. The maximum absolute atomic E-state index is 9.90. The normalized spacial score (nSPS) is 21.1. The number of hydrogen-bond donors (Lipinski definition) is 5. The molecule has 6 heteroatoms. The van der Waals surface area contributed by atoms with Gasteiger partial charge in [-0.1, -0.05) is 0 Å². The molecule has 0 radical (unpaired) electrons. The summed E-state index contributed by atoms with van der Waals surface area (Å²) in [5.74, 6) is 0. The van der Waals surface area contributed by atoms with Crippen LogP contribution in [0.4, 0.5) is 0 Å². The Kier molecular flexibility index (Phi) is 4.95. The zero-order chi connectivity index (χ0) is 9.72. The van der Waals surface area contributed by atoms with Crippen molar-refractivity contribution in [2.45, 2.75) is 24.4 Å². The highest BCUT2D eigenvalue weighted by atomic mass is 16.4. The van der Waals surface area contributed by atoms with E-state index in [1.54, 1.807) is 0 Å². The Morgan fingerprint density at radius 3 is 1.92 bits per heavy atom. The summed E-state index contributed by atoms with van der Waals surface area (Å²) in [5, 5.41) is 43.5. The zero-order valence-corrected chi connectivity index (χ0v) is 6.24. The number of carbonyl (C=O) groups is 1. The maximum Gasteiger partial charge on any atom is 0.151 e. The standard InChI is InChI=1S/C6H12O6/c7-1-3(9)5(11)6(12)4(10)2-8/h1,3-6,8-12H,2H2/t3-,4-,5-,6-/m0/s1/i5+1. The first-order chi connectivity index (χ1) is 5.54. The molecule has 0 aromatic carbocycles. The minimum absolute atomic E-state index is 0.0258. The first-order valence-electron chi connectivity index (χ1n) is 3.33. The largest absolute Gasteiger partial charge is 0.394 e. The van der Waals surface area contributed by atoms with Crippen LogP contribution in [0, 0.1) is 0 Å². The molecular weight excluding hydrogens is 169 g/mol. The van der Waals surface area contributed by atoms with E-state index in [1.165, 1.54) is 0 Å². The van der Waals surface area contributed by atoms with Gasteiger partial charge < -0.3 is 30.3 Å². The molecule has 0 fully saturated rings. The van der Waals surface area contributed by atoms with E-state index in [9.17, 15) is 4.79 Å².